The molecule has 4 nitrogen and oxygen atoms in total. The number of piperazine rings is 1. The molecule has 2 heterocycles. The van der Waals surface area contributed by atoms with Gasteiger partial charge in [0.15, 0.2) is 0 Å². The SMILES string of the molecule is N#Cc1ccc(N2CCN(Cc3ccsc3)CC2)c(N)c1. The maximum atomic E-state index is 8.90. The largest absolute Gasteiger partial charge is 0.397 e. The number of nitriles is 1. The van der Waals surface area contributed by atoms with Crippen molar-refractivity contribution in [2.75, 3.05) is 36.8 Å². The van der Waals surface area contributed by atoms with Gasteiger partial charge in [0.05, 0.1) is 23.0 Å². The number of thiophene rings is 1. The van der Waals surface area contributed by atoms with Crippen LogP contribution in [0.3, 0.4) is 0 Å². The summed E-state index contributed by atoms with van der Waals surface area (Å²) in [5, 5.41) is 13.2. The number of anilines is 2. The lowest BCUT2D eigenvalue weighted by Gasteiger charge is -2.36. The fraction of sp³-hybridized carbons (Fsp3) is 0.312. The average molecular weight is 298 g/mol. The predicted octanol–water partition coefficient (Wildman–Crippen LogP) is 2.52. The first kappa shape index (κ1) is 13.9. The lowest BCUT2D eigenvalue weighted by Crippen LogP contribution is -2.46. The first-order valence-corrected chi connectivity index (χ1v) is 7.98. The van der Waals surface area contributed by atoms with Crippen LogP contribution in [-0.4, -0.2) is 31.1 Å². The monoisotopic (exact) mass is 298 g/mol. The highest BCUT2D eigenvalue weighted by Gasteiger charge is 2.19. The Kier molecular flexibility index (Phi) is 4.09. The molecule has 5 heteroatoms. The molecular formula is C16H18N4S. The Bertz CT molecular complexity index is 637. The highest BCUT2D eigenvalue weighted by atomic mass is 32.1. The van der Waals surface area contributed by atoms with Crippen molar-refractivity contribution >= 4 is 22.7 Å². The molecule has 108 valence electrons. The van der Waals surface area contributed by atoms with E-state index in [1.807, 2.05) is 12.1 Å². The van der Waals surface area contributed by atoms with E-state index >= 15 is 0 Å². The van der Waals surface area contributed by atoms with Crippen molar-refractivity contribution in [2.45, 2.75) is 6.54 Å². The molecule has 0 aliphatic carbocycles. The molecule has 2 aromatic rings. The summed E-state index contributed by atoms with van der Waals surface area (Å²) in [5.41, 5.74) is 9.82. The third kappa shape index (κ3) is 3.18. The molecule has 0 amide bonds. The third-order valence-electron chi connectivity index (χ3n) is 3.86. The van der Waals surface area contributed by atoms with E-state index in [-0.39, 0.29) is 0 Å². The molecule has 1 saturated heterocycles. The molecule has 21 heavy (non-hydrogen) atoms. The molecule has 1 aliphatic rings. The van der Waals surface area contributed by atoms with Gasteiger partial charge >= 0.3 is 0 Å². The highest BCUT2D eigenvalue weighted by molar-refractivity contribution is 7.07. The number of hydrogen-bond acceptors (Lipinski definition) is 5. The van der Waals surface area contributed by atoms with Crippen LogP contribution in [0.2, 0.25) is 0 Å². The molecule has 0 atom stereocenters. The summed E-state index contributed by atoms with van der Waals surface area (Å²) in [4.78, 5) is 4.78. The molecule has 0 spiro atoms. The molecule has 0 saturated carbocycles. The molecule has 0 radical (unpaired) electrons. The number of hydrogen-bond donors (Lipinski definition) is 1. The quantitative estimate of drug-likeness (QED) is 0.885. The van der Waals surface area contributed by atoms with Gasteiger partial charge in [-0.25, -0.2) is 0 Å². The van der Waals surface area contributed by atoms with E-state index in [2.05, 4.69) is 32.7 Å². The molecule has 0 unspecified atom stereocenters. The molecule has 3 rings (SSSR count). The van der Waals surface area contributed by atoms with Crippen LogP contribution < -0.4 is 10.6 Å². The van der Waals surface area contributed by atoms with Crippen molar-refractivity contribution in [3.63, 3.8) is 0 Å². The summed E-state index contributed by atoms with van der Waals surface area (Å²) in [7, 11) is 0. The summed E-state index contributed by atoms with van der Waals surface area (Å²) >= 11 is 1.75. The van der Waals surface area contributed by atoms with E-state index in [1.165, 1.54) is 5.56 Å². The fourth-order valence-corrected chi connectivity index (χ4v) is 3.36. The van der Waals surface area contributed by atoms with Crippen LogP contribution in [0.15, 0.2) is 35.0 Å². The van der Waals surface area contributed by atoms with Gasteiger partial charge in [0.1, 0.15) is 0 Å². The second kappa shape index (κ2) is 6.17. The zero-order valence-electron chi connectivity index (χ0n) is 11.8. The van der Waals surface area contributed by atoms with Crippen LogP contribution in [0.25, 0.3) is 0 Å². The third-order valence-corrected chi connectivity index (χ3v) is 4.59. The number of nitrogens with two attached hydrogens (primary N) is 1. The molecule has 0 bridgehead atoms. The van der Waals surface area contributed by atoms with E-state index < -0.39 is 0 Å². The lowest BCUT2D eigenvalue weighted by atomic mass is 10.1. The molecular weight excluding hydrogens is 280 g/mol. The van der Waals surface area contributed by atoms with E-state index in [9.17, 15) is 0 Å². The van der Waals surface area contributed by atoms with Gasteiger partial charge < -0.3 is 10.6 Å². The van der Waals surface area contributed by atoms with Crippen molar-refractivity contribution in [3.8, 4) is 6.07 Å². The van der Waals surface area contributed by atoms with Gasteiger partial charge in [0.25, 0.3) is 0 Å². The predicted molar refractivity (Wildman–Crippen MR) is 87.4 cm³/mol. The van der Waals surface area contributed by atoms with Crippen LogP contribution >= 0.6 is 11.3 Å². The van der Waals surface area contributed by atoms with Gasteiger partial charge in [-0.3, -0.25) is 4.90 Å². The number of nitrogen functional groups attached to an aromatic ring is 1. The zero-order chi connectivity index (χ0) is 14.7. The maximum absolute atomic E-state index is 8.90. The van der Waals surface area contributed by atoms with E-state index in [4.69, 9.17) is 11.0 Å². The summed E-state index contributed by atoms with van der Waals surface area (Å²) in [5.74, 6) is 0. The van der Waals surface area contributed by atoms with Gasteiger partial charge in [-0.15, -0.1) is 0 Å². The van der Waals surface area contributed by atoms with Crippen LogP contribution in [0, 0.1) is 11.3 Å². The van der Waals surface area contributed by atoms with Crippen LogP contribution in [0.4, 0.5) is 11.4 Å². The van der Waals surface area contributed by atoms with Gasteiger partial charge in [0.2, 0.25) is 0 Å². The van der Waals surface area contributed by atoms with Crippen molar-refractivity contribution in [3.05, 3.63) is 46.2 Å². The zero-order valence-corrected chi connectivity index (χ0v) is 12.6. The molecule has 1 fully saturated rings. The Hall–Kier alpha value is -2.03. The topological polar surface area (TPSA) is 56.3 Å². The van der Waals surface area contributed by atoms with Crippen molar-refractivity contribution in [2.24, 2.45) is 0 Å². The minimum Gasteiger partial charge on any atom is -0.397 e. The van der Waals surface area contributed by atoms with Gasteiger partial charge in [-0.2, -0.15) is 16.6 Å². The van der Waals surface area contributed by atoms with Crippen molar-refractivity contribution in [1.29, 1.82) is 5.26 Å². The number of nitrogens with zero attached hydrogens (tertiary/aromatic N) is 3. The Morgan fingerprint density at radius 2 is 2.00 bits per heavy atom. The lowest BCUT2D eigenvalue weighted by molar-refractivity contribution is 0.250. The van der Waals surface area contributed by atoms with Gasteiger partial charge in [0, 0.05) is 32.7 Å². The van der Waals surface area contributed by atoms with Crippen molar-refractivity contribution < 1.29 is 0 Å². The second-order valence-electron chi connectivity index (χ2n) is 5.28. The average Bonchev–Trinajstić information content (AvgIpc) is 3.01. The highest BCUT2D eigenvalue weighted by Crippen LogP contribution is 2.25. The minimum absolute atomic E-state index is 0.618. The standard InChI is InChI=1S/C16H18N4S/c17-10-13-1-2-16(15(18)9-13)20-6-4-19(5-7-20)11-14-3-8-21-12-14/h1-3,8-9,12H,4-7,11,18H2. The first-order chi connectivity index (χ1) is 10.3. The Labute approximate surface area is 129 Å². The van der Waals surface area contributed by atoms with E-state index in [0.717, 1.165) is 38.4 Å². The smallest absolute Gasteiger partial charge is 0.0992 e. The van der Waals surface area contributed by atoms with Crippen molar-refractivity contribution in [1.82, 2.24) is 4.90 Å². The Morgan fingerprint density at radius 3 is 2.62 bits per heavy atom. The fourth-order valence-electron chi connectivity index (χ4n) is 2.70. The van der Waals surface area contributed by atoms with Gasteiger partial charge in [-0.1, -0.05) is 0 Å². The number of benzene rings is 1. The second-order valence-corrected chi connectivity index (χ2v) is 6.06. The molecule has 1 aromatic carbocycles. The number of rotatable bonds is 3. The molecule has 1 aromatic heterocycles. The van der Waals surface area contributed by atoms with Crippen LogP contribution in [-0.2, 0) is 6.54 Å². The first-order valence-electron chi connectivity index (χ1n) is 7.04. The van der Waals surface area contributed by atoms with Crippen LogP contribution in [0.1, 0.15) is 11.1 Å². The van der Waals surface area contributed by atoms with Gasteiger partial charge in [-0.05, 0) is 40.6 Å². The van der Waals surface area contributed by atoms with E-state index in [1.54, 1.807) is 17.4 Å². The molecule has 2 N–H and O–H groups in total. The summed E-state index contributed by atoms with van der Waals surface area (Å²) in [6, 6.07) is 9.87. The van der Waals surface area contributed by atoms with E-state index in [0.29, 0.717) is 11.3 Å². The maximum Gasteiger partial charge on any atom is 0.0992 e. The Balaban J connectivity index is 1.62. The Morgan fingerprint density at radius 1 is 1.19 bits per heavy atom. The molecule has 1 aliphatic heterocycles. The summed E-state index contributed by atoms with van der Waals surface area (Å²) < 4.78 is 0. The summed E-state index contributed by atoms with van der Waals surface area (Å²) in [6.45, 7) is 5.05. The van der Waals surface area contributed by atoms with Crippen LogP contribution in [0.5, 0.6) is 0 Å². The minimum atomic E-state index is 0.618. The summed E-state index contributed by atoms with van der Waals surface area (Å²) in [6.07, 6.45) is 0. The normalized spacial score (nSPS) is 15.9.